The molecule has 0 aliphatic rings. The summed E-state index contributed by atoms with van der Waals surface area (Å²) in [6.07, 6.45) is -9.21. The Morgan fingerprint density at radius 1 is 1.26 bits per heavy atom. The molecule has 1 atom stereocenters. The molecular formula is C8H13F6N3O2. The fourth-order valence-corrected chi connectivity index (χ4v) is 1.04. The fraction of sp³-hybridized carbons (Fsp3) is 0.875. The highest BCUT2D eigenvalue weighted by atomic mass is 19.4. The molecule has 0 amide bonds. The van der Waals surface area contributed by atoms with Gasteiger partial charge in [-0.15, -0.1) is 0 Å². The van der Waals surface area contributed by atoms with Gasteiger partial charge in [-0.25, -0.2) is 0 Å². The molecule has 5 nitrogen and oxygen atoms in total. The summed E-state index contributed by atoms with van der Waals surface area (Å²) in [5.74, 6) is -3.25. The monoisotopic (exact) mass is 297 g/mol. The first-order chi connectivity index (χ1) is 8.58. The van der Waals surface area contributed by atoms with Gasteiger partial charge in [0.25, 0.3) is 0 Å². The summed E-state index contributed by atoms with van der Waals surface area (Å²) in [4.78, 5) is 0. The number of oxime groups is 1. The standard InChI is InChI=1S/C8H13F6N3O2/c9-7(10,11)4-19-2-1-16-3-5(6(15)17-18)8(12,13)14/h5,16,18H,1-4H2,(H2,15,17). The molecule has 0 aliphatic heterocycles. The van der Waals surface area contributed by atoms with E-state index < -0.39 is 43.9 Å². The lowest BCUT2D eigenvalue weighted by molar-refractivity contribution is -0.173. The minimum absolute atomic E-state index is 0.235. The number of hydrogen-bond acceptors (Lipinski definition) is 4. The third-order valence-corrected chi connectivity index (χ3v) is 1.90. The third kappa shape index (κ3) is 8.48. The molecule has 0 saturated heterocycles. The number of halogens is 6. The molecule has 114 valence electrons. The van der Waals surface area contributed by atoms with Crippen molar-refractivity contribution in [3.63, 3.8) is 0 Å². The quantitative estimate of drug-likeness (QED) is 0.164. The number of nitrogens with one attached hydrogen (secondary N) is 1. The van der Waals surface area contributed by atoms with E-state index in [1.807, 2.05) is 0 Å². The van der Waals surface area contributed by atoms with Crippen LogP contribution in [-0.2, 0) is 4.74 Å². The second-order valence-electron chi connectivity index (χ2n) is 3.49. The Kier molecular flexibility index (Phi) is 6.90. The van der Waals surface area contributed by atoms with Gasteiger partial charge in [0.2, 0.25) is 0 Å². The average Bonchev–Trinajstić information content (AvgIpc) is 2.23. The van der Waals surface area contributed by atoms with E-state index in [2.05, 4.69) is 15.2 Å². The lowest BCUT2D eigenvalue weighted by Crippen LogP contribution is -2.43. The maximum atomic E-state index is 12.4. The van der Waals surface area contributed by atoms with Crippen LogP contribution in [0.5, 0.6) is 0 Å². The maximum absolute atomic E-state index is 12.4. The van der Waals surface area contributed by atoms with E-state index in [9.17, 15) is 26.3 Å². The number of ether oxygens (including phenoxy) is 1. The molecule has 0 aromatic carbocycles. The topological polar surface area (TPSA) is 79.9 Å². The first-order valence-electron chi connectivity index (χ1n) is 4.97. The van der Waals surface area contributed by atoms with Crippen molar-refractivity contribution in [2.24, 2.45) is 16.8 Å². The summed E-state index contributed by atoms with van der Waals surface area (Å²) in [7, 11) is 0. The van der Waals surface area contributed by atoms with Gasteiger partial charge in [-0.2, -0.15) is 26.3 Å². The molecule has 0 radical (unpaired) electrons. The van der Waals surface area contributed by atoms with Crippen molar-refractivity contribution < 1.29 is 36.3 Å². The molecule has 0 fully saturated rings. The average molecular weight is 297 g/mol. The van der Waals surface area contributed by atoms with Crippen LogP contribution in [0.1, 0.15) is 0 Å². The van der Waals surface area contributed by atoms with Crippen molar-refractivity contribution in [3.8, 4) is 0 Å². The van der Waals surface area contributed by atoms with Crippen LogP contribution in [0.4, 0.5) is 26.3 Å². The van der Waals surface area contributed by atoms with Crippen LogP contribution in [0.2, 0.25) is 0 Å². The van der Waals surface area contributed by atoms with Crippen molar-refractivity contribution >= 4 is 5.84 Å². The SMILES string of the molecule is NC(=NO)C(CNCCOCC(F)(F)F)C(F)(F)F. The zero-order valence-corrected chi connectivity index (χ0v) is 9.55. The number of hydrogen-bond donors (Lipinski definition) is 3. The van der Waals surface area contributed by atoms with Gasteiger partial charge in [0.15, 0.2) is 5.84 Å². The summed E-state index contributed by atoms with van der Waals surface area (Å²) in [5.41, 5.74) is 4.86. The Hall–Kier alpha value is -1.23. The van der Waals surface area contributed by atoms with Crippen LogP contribution in [0.15, 0.2) is 5.16 Å². The van der Waals surface area contributed by atoms with Gasteiger partial charge < -0.3 is 21.0 Å². The second-order valence-corrected chi connectivity index (χ2v) is 3.49. The van der Waals surface area contributed by atoms with Gasteiger partial charge in [0.1, 0.15) is 12.5 Å². The summed E-state index contributed by atoms with van der Waals surface area (Å²) in [6.45, 7) is -2.85. The van der Waals surface area contributed by atoms with E-state index in [4.69, 9.17) is 10.9 Å². The molecular weight excluding hydrogens is 284 g/mol. The predicted molar refractivity (Wildman–Crippen MR) is 52.7 cm³/mol. The van der Waals surface area contributed by atoms with E-state index in [0.717, 1.165) is 0 Å². The van der Waals surface area contributed by atoms with Gasteiger partial charge in [0, 0.05) is 13.1 Å². The van der Waals surface area contributed by atoms with E-state index in [1.165, 1.54) is 0 Å². The van der Waals surface area contributed by atoms with Gasteiger partial charge in [0.05, 0.1) is 6.61 Å². The van der Waals surface area contributed by atoms with Crippen LogP contribution in [0, 0.1) is 5.92 Å². The summed E-state index contributed by atoms with van der Waals surface area (Å²) in [5, 5.41) is 12.7. The highest BCUT2D eigenvalue weighted by Gasteiger charge is 2.42. The number of nitrogens with zero attached hydrogens (tertiary/aromatic N) is 1. The van der Waals surface area contributed by atoms with E-state index in [-0.39, 0.29) is 6.54 Å². The van der Waals surface area contributed by atoms with E-state index in [1.54, 1.807) is 0 Å². The Morgan fingerprint density at radius 3 is 2.26 bits per heavy atom. The minimum Gasteiger partial charge on any atom is -0.409 e. The number of amidine groups is 1. The largest absolute Gasteiger partial charge is 0.411 e. The highest BCUT2D eigenvalue weighted by Crippen LogP contribution is 2.25. The van der Waals surface area contributed by atoms with Crippen molar-refractivity contribution in [3.05, 3.63) is 0 Å². The number of rotatable bonds is 7. The summed E-state index contributed by atoms with van der Waals surface area (Å²) < 4.78 is 76.3. The maximum Gasteiger partial charge on any atom is 0.411 e. The summed E-state index contributed by atoms with van der Waals surface area (Å²) in [6, 6.07) is 0. The molecule has 11 heteroatoms. The predicted octanol–water partition coefficient (Wildman–Crippen LogP) is 1.08. The first-order valence-corrected chi connectivity index (χ1v) is 4.97. The highest BCUT2D eigenvalue weighted by molar-refractivity contribution is 5.83. The fourth-order valence-electron chi connectivity index (χ4n) is 1.04. The molecule has 0 aliphatic carbocycles. The van der Waals surface area contributed by atoms with Crippen molar-refractivity contribution in [2.75, 3.05) is 26.3 Å². The molecule has 0 spiro atoms. The third-order valence-electron chi connectivity index (χ3n) is 1.90. The molecule has 0 heterocycles. The normalized spacial score (nSPS) is 15.6. The van der Waals surface area contributed by atoms with Gasteiger partial charge in [-0.05, 0) is 0 Å². The van der Waals surface area contributed by atoms with Crippen molar-refractivity contribution in [2.45, 2.75) is 12.4 Å². The molecule has 0 aromatic heterocycles. The molecule has 19 heavy (non-hydrogen) atoms. The Labute approximate surface area is 104 Å². The second kappa shape index (κ2) is 7.38. The van der Waals surface area contributed by atoms with E-state index in [0.29, 0.717) is 0 Å². The molecule has 0 aromatic rings. The molecule has 0 saturated carbocycles. The zero-order chi connectivity index (χ0) is 15.1. The smallest absolute Gasteiger partial charge is 0.409 e. The van der Waals surface area contributed by atoms with E-state index >= 15 is 0 Å². The van der Waals surface area contributed by atoms with Crippen LogP contribution in [0.3, 0.4) is 0 Å². The van der Waals surface area contributed by atoms with Crippen molar-refractivity contribution in [1.29, 1.82) is 0 Å². The number of alkyl halides is 6. The molecule has 0 rings (SSSR count). The van der Waals surface area contributed by atoms with Crippen LogP contribution in [-0.4, -0.2) is 49.7 Å². The Morgan fingerprint density at radius 2 is 1.84 bits per heavy atom. The van der Waals surface area contributed by atoms with Gasteiger partial charge in [-0.3, -0.25) is 0 Å². The lowest BCUT2D eigenvalue weighted by Gasteiger charge is -2.19. The molecule has 1 unspecified atom stereocenters. The van der Waals surface area contributed by atoms with Crippen LogP contribution in [0.25, 0.3) is 0 Å². The lowest BCUT2D eigenvalue weighted by atomic mass is 10.1. The minimum atomic E-state index is -4.73. The Bertz CT molecular complexity index is 291. The molecule has 0 bridgehead atoms. The van der Waals surface area contributed by atoms with Crippen molar-refractivity contribution in [1.82, 2.24) is 5.32 Å². The molecule has 4 N–H and O–H groups in total. The summed E-state index contributed by atoms with van der Waals surface area (Å²) >= 11 is 0. The first kappa shape index (κ1) is 17.8. The van der Waals surface area contributed by atoms with Gasteiger partial charge >= 0.3 is 12.4 Å². The zero-order valence-electron chi connectivity index (χ0n) is 9.55. The number of nitrogens with two attached hydrogens (primary N) is 1. The van der Waals surface area contributed by atoms with Gasteiger partial charge in [-0.1, -0.05) is 5.16 Å². The van der Waals surface area contributed by atoms with Crippen LogP contribution >= 0.6 is 0 Å². The Balaban J connectivity index is 3.96. The van der Waals surface area contributed by atoms with Crippen LogP contribution < -0.4 is 11.1 Å².